The van der Waals surface area contributed by atoms with Crippen LogP contribution >= 0.6 is 11.3 Å². The lowest BCUT2D eigenvalue weighted by molar-refractivity contribution is 0.355. The minimum Gasteiger partial charge on any atom is -0.497 e. The number of nitrogens with zero attached hydrogens (tertiary/aromatic N) is 2. The molecule has 1 aromatic heterocycles. The largest absolute Gasteiger partial charge is 0.497 e. The number of benzene rings is 2. The lowest BCUT2D eigenvalue weighted by atomic mass is 10.2. The highest BCUT2D eigenvalue weighted by Crippen LogP contribution is 2.28. The first-order chi connectivity index (χ1) is 12.7. The highest BCUT2D eigenvalue weighted by molar-refractivity contribution is 7.14. The molecule has 0 spiro atoms. The molecular weight excluding hydrogens is 350 g/mol. The molecule has 0 aliphatic rings. The van der Waals surface area contributed by atoms with E-state index in [2.05, 4.69) is 15.5 Å². The highest BCUT2D eigenvalue weighted by Gasteiger charge is 2.05. The van der Waals surface area contributed by atoms with Crippen LogP contribution in [0.4, 0.5) is 5.13 Å². The molecule has 3 rings (SSSR count). The quantitative estimate of drug-likeness (QED) is 0.497. The van der Waals surface area contributed by atoms with Gasteiger partial charge in [-0.2, -0.15) is 5.10 Å². The third-order valence-electron chi connectivity index (χ3n) is 3.67. The molecule has 1 N–H and O–H groups in total. The van der Waals surface area contributed by atoms with E-state index in [-0.39, 0.29) is 0 Å². The number of nitrogens with one attached hydrogen (secondary N) is 1. The van der Waals surface area contributed by atoms with E-state index in [9.17, 15) is 0 Å². The van der Waals surface area contributed by atoms with E-state index in [1.165, 1.54) is 11.3 Å². The summed E-state index contributed by atoms with van der Waals surface area (Å²) in [6, 6.07) is 13.4. The number of hydrogen-bond donors (Lipinski definition) is 1. The fourth-order valence-corrected chi connectivity index (χ4v) is 2.98. The summed E-state index contributed by atoms with van der Waals surface area (Å²) in [5.41, 5.74) is 5.76. The van der Waals surface area contributed by atoms with Crippen molar-refractivity contribution >= 4 is 22.7 Å². The van der Waals surface area contributed by atoms with Gasteiger partial charge in [0, 0.05) is 10.9 Å². The average Bonchev–Trinajstić information content (AvgIpc) is 3.16. The summed E-state index contributed by atoms with van der Waals surface area (Å²) < 4.78 is 15.7. The molecule has 0 fully saturated rings. The first kappa shape index (κ1) is 17.8. The molecule has 1 heterocycles. The van der Waals surface area contributed by atoms with E-state index in [0.29, 0.717) is 16.6 Å². The van der Waals surface area contributed by atoms with Crippen LogP contribution in [-0.2, 0) is 0 Å². The maximum absolute atomic E-state index is 5.28. The van der Waals surface area contributed by atoms with Gasteiger partial charge in [-0.25, -0.2) is 4.98 Å². The Hall–Kier alpha value is -3.06. The van der Waals surface area contributed by atoms with Crippen LogP contribution in [0.1, 0.15) is 5.56 Å². The normalized spacial score (nSPS) is 10.7. The molecule has 0 radical (unpaired) electrons. The fraction of sp³-hybridized carbons (Fsp3) is 0.158. The van der Waals surface area contributed by atoms with E-state index in [1.54, 1.807) is 27.5 Å². The second-order valence-electron chi connectivity index (χ2n) is 5.25. The van der Waals surface area contributed by atoms with E-state index in [4.69, 9.17) is 14.2 Å². The molecule has 6 nitrogen and oxygen atoms in total. The first-order valence-electron chi connectivity index (χ1n) is 7.84. The second kappa shape index (κ2) is 8.35. The Morgan fingerprint density at radius 1 is 0.962 bits per heavy atom. The van der Waals surface area contributed by atoms with E-state index in [0.717, 1.165) is 22.6 Å². The lowest BCUT2D eigenvalue weighted by Crippen LogP contribution is -1.94. The summed E-state index contributed by atoms with van der Waals surface area (Å²) in [7, 11) is 4.86. The Morgan fingerprint density at radius 2 is 1.73 bits per heavy atom. The Kier molecular flexibility index (Phi) is 5.70. The highest BCUT2D eigenvalue weighted by atomic mass is 32.1. The van der Waals surface area contributed by atoms with Crippen LogP contribution in [0.2, 0.25) is 0 Å². The zero-order valence-electron chi connectivity index (χ0n) is 14.7. The first-order valence-corrected chi connectivity index (χ1v) is 8.72. The van der Waals surface area contributed by atoms with Gasteiger partial charge in [0.2, 0.25) is 5.13 Å². The van der Waals surface area contributed by atoms with Crippen molar-refractivity contribution in [3.8, 4) is 28.5 Å². The second-order valence-corrected chi connectivity index (χ2v) is 6.11. The van der Waals surface area contributed by atoms with Crippen molar-refractivity contribution in [3.63, 3.8) is 0 Å². The summed E-state index contributed by atoms with van der Waals surface area (Å²) >= 11 is 1.49. The lowest BCUT2D eigenvalue weighted by Gasteiger charge is -2.07. The van der Waals surface area contributed by atoms with Gasteiger partial charge >= 0.3 is 0 Å². The van der Waals surface area contributed by atoms with Gasteiger partial charge in [0.05, 0.1) is 33.2 Å². The third-order valence-corrected chi connectivity index (χ3v) is 4.42. The Bertz CT molecular complexity index is 891. The Labute approximate surface area is 156 Å². The van der Waals surface area contributed by atoms with Crippen LogP contribution in [-0.4, -0.2) is 32.5 Å². The molecule has 0 atom stereocenters. The smallest absolute Gasteiger partial charge is 0.203 e. The number of methoxy groups -OCH3 is 3. The summed E-state index contributed by atoms with van der Waals surface area (Å²) in [6.45, 7) is 0. The molecule has 26 heavy (non-hydrogen) atoms. The SMILES string of the molecule is COc1ccc(-c2csc(N/N=C\c3ccc(OC)c(OC)c3)n2)cc1. The van der Waals surface area contributed by atoms with Crippen LogP contribution < -0.4 is 19.6 Å². The predicted octanol–water partition coefficient (Wildman–Crippen LogP) is 4.28. The maximum Gasteiger partial charge on any atom is 0.203 e. The van der Waals surface area contributed by atoms with Gasteiger partial charge in [-0.3, -0.25) is 5.43 Å². The maximum atomic E-state index is 5.28. The van der Waals surface area contributed by atoms with Crippen LogP contribution in [0.25, 0.3) is 11.3 Å². The molecule has 0 bridgehead atoms. The number of ether oxygens (including phenoxy) is 3. The zero-order valence-corrected chi connectivity index (χ0v) is 15.5. The third kappa shape index (κ3) is 4.12. The van der Waals surface area contributed by atoms with Crippen molar-refractivity contribution in [2.24, 2.45) is 5.10 Å². The van der Waals surface area contributed by atoms with Crippen molar-refractivity contribution in [2.45, 2.75) is 0 Å². The Balaban J connectivity index is 1.66. The van der Waals surface area contributed by atoms with Gasteiger partial charge < -0.3 is 14.2 Å². The minimum atomic E-state index is 0.660. The molecule has 0 saturated carbocycles. The van der Waals surface area contributed by atoms with Crippen LogP contribution in [0, 0.1) is 0 Å². The van der Waals surface area contributed by atoms with Crippen LogP contribution in [0.5, 0.6) is 17.2 Å². The molecule has 0 unspecified atom stereocenters. The fourth-order valence-electron chi connectivity index (χ4n) is 2.31. The van der Waals surface area contributed by atoms with Crippen LogP contribution in [0.15, 0.2) is 52.9 Å². The van der Waals surface area contributed by atoms with Crippen LogP contribution in [0.3, 0.4) is 0 Å². The average molecular weight is 369 g/mol. The van der Waals surface area contributed by atoms with E-state index >= 15 is 0 Å². The van der Waals surface area contributed by atoms with Gasteiger partial charge in [0.25, 0.3) is 0 Å². The number of hydrazone groups is 1. The van der Waals surface area contributed by atoms with Gasteiger partial charge in [0.15, 0.2) is 11.5 Å². The number of aromatic nitrogens is 1. The van der Waals surface area contributed by atoms with Gasteiger partial charge in [-0.1, -0.05) is 0 Å². The Morgan fingerprint density at radius 3 is 2.42 bits per heavy atom. The summed E-state index contributed by atoms with van der Waals surface area (Å²) in [4.78, 5) is 4.54. The molecule has 3 aromatic rings. The van der Waals surface area contributed by atoms with Crippen molar-refractivity contribution < 1.29 is 14.2 Å². The molecule has 2 aromatic carbocycles. The number of thiazole rings is 1. The van der Waals surface area contributed by atoms with Gasteiger partial charge in [-0.15, -0.1) is 11.3 Å². The summed E-state index contributed by atoms with van der Waals surface area (Å²) in [6.07, 6.45) is 1.70. The molecule has 0 saturated heterocycles. The van der Waals surface area contributed by atoms with Gasteiger partial charge in [0.1, 0.15) is 5.75 Å². The molecule has 0 aliphatic heterocycles. The van der Waals surface area contributed by atoms with Crippen molar-refractivity contribution in [2.75, 3.05) is 26.8 Å². The monoisotopic (exact) mass is 369 g/mol. The van der Waals surface area contributed by atoms with Crippen molar-refractivity contribution in [1.29, 1.82) is 0 Å². The number of rotatable bonds is 7. The minimum absolute atomic E-state index is 0.660. The molecule has 0 amide bonds. The topological polar surface area (TPSA) is 65.0 Å². The molecule has 7 heteroatoms. The summed E-state index contributed by atoms with van der Waals surface area (Å²) in [5, 5.41) is 6.93. The number of hydrogen-bond acceptors (Lipinski definition) is 7. The molecular formula is C19H19N3O3S. The predicted molar refractivity (Wildman–Crippen MR) is 105 cm³/mol. The standard InChI is InChI=1S/C19H19N3O3S/c1-23-15-7-5-14(6-8-15)16-12-26-19(21-16)22-20-11-13-4-9-17(24-2)18(10-13)25-3/h4-12H,1-3H3,(H,21,22)/b20-11-. The zero-order chi connectivity index (χ0) is 18.4. The number of anilines is 1. The van der Waals surface area contributed by atoms with Crippen molar-refractivity contribution in [1.82, 2.24) is 4.98 Å². The van der Waals surface area contributed by atoms with E-state index < -0.39 is 0 Å². The van der Waals surface area contributed by atoms with Crippen molar-refractivity contribution in [3.05, 3.63) is 53.4 Å². The summed E-state index contributed by atoms with van der Waals surface area (Å²) in [5.74, 6) is 2.16. The molecule has 0 aliphatic carbocycles. The van der Waals surface area contributed by atoms with E-state index in [1.807, 2.05) is 47.8 Å². The molecule has 134 valence electrons. The van der Waals surface area contributed by atoms with Gasteiger partial charge in [-0.05, 0) is 48.0 Å².